The van der Waals surface area contributed by atoms with Crippen molar-refractivity contribution in [3.8, 4) is 0 Å². The summed E-state index contributed by atoms with van der Waals surface area (Å²) in [5, 5.41) is 1.83. The van der Waals surface area contributed by atoms with Crippen LogP contribution in [0.5, 0.6) is 0 Å². The van der Waals surface area contributed by atoms with Crippen LogP contribution in [0.3, 0.4) is 0 Å². The van der Waals surface area contributed by atoms with E-state index in [4.69, 9.17) is 11.6 Å². The molecule has 1 nitrogen and oxygen atoms in total. The zero-order chi connectivity index (χ0) is 11.7. The summed E-state index contributed by atoms with van der Waals surface area (Å²) in [5.41, 5.74) is 3.68. The fourth-order valence-corrected chi connectivity index (χ4v) is 2.07. The van der Waals surface area contributed by atoms with E-state index in [2.05, 4.69) is 49.4 Å². The van der Waals surface area contributed by atoms with Crippen LogP contribution < -0.4 is 0 Å². The van der Waals surface area contributed by atoms with Gasteiger partial charge in [0.25, 0.3) is 0 Å². The Bertz CT molecular complexity index is 537. The van der Waals surface area contributed by atoms with Gasteiger partial charge in [0.15, 0.2) is 0 Å². The summed E-state index contributed by atoms with van der Waals surface area (Å²) in [6.07, 6.45) is 3.83. The maximum Gasteiger partial charge on any atom is 0.0485 e. The zero-order valence-corrected chi connectivity index (χ0v) is 10.3. The molecule has 1 aromatic carbocycles. The molecule has 1 aromatic heterocycles. The van der Waals surface area contributed by atoms with Crippen LogP contribution in [0.25, 0.3) is 17.0 Å². The average molecular weight is 232 g/mol. The van der Waals surface area contributed by atoms with Crippen LogP contribution in [-0.2, 0) is 7.05 Å². The van der Waals surface area contributed by atoms with Crippen molar-refractivity contribution in [3.05, 3.63) is 53.2 Å². The van der Waals surface area contributed by atoms with E-state index in [1.54, 1.807) is 0 Å². The molecule has 0 aliphatic rings. The highest BCUT2D eigenvalue weighted by atomic mass is 35.5. The van der Waals surface area contributed by atoms with E-state index in [9.17, 15) is 0 Å². The summed E-state index contributed by atoms with van der Waals surface area (Å²) in [4.78, 5) is 0. The smallest absolute Gasteiger partial charge is 0.0485 e. The Balaban J connectivity index is 2.66. The lowest BCUT2D eigenvalue weighted by Crippen LogP contribution is -1.90. The summed E-state index contributed by atoms with van der Waals surface area (Å²) < 4.78 is 2.17. The Labute approximate surface area is 101 Å². The number of halogens is 1. The van der Waals surface area contributed by atoms with Gasteiger partial charge in [0.2, 0.25) is 0 Å². The molecule has 16 heavy (non-hydrogen) atoms. The van der Waals surface area contributed by atoms with Gasteiger partial charge in [-0.2, -0.15) is 0 Å². The van der Waals surface area contributed by atoms with Gasteiger partial charge in [0, 0.05) is 28.7 Å². The van der Waals surface area contributed by atoms with Gasteiger partial charge >= 0.3 is 0 Å². The Morgan fingerprint density at radius 3 is 2.69 bits per heavy atom. The molecule has 0 bridgehead atoms. The highest BCUT2D eigenvalue weighted by Gasteiger charge is 2.07. The number of aromatic nitrogens is 1. The van der Waals surface area contributed by atoms with E-state index in [1.807, 2.05) is 12.2 Å². The van der Waals surface area contributed by atoms with Crippen LogP contribution in [-0.4, -0.2) is 4.57 Å². The highest BCUT2D eigenvalue weighted by Crippen LogP contribution is 2.25. The van der Waals surface area contributed by atoms with Crippen molar-refractivity contribution < 1.29 is 0 Å². The minimum Gasteiger partial charge on any atom is -0.344 e. The molecule has 0 atom stereocenters. The fraction of sp³-hybridized carbons (Fsp3) is 0.143. The van der Waals surface area contributed by atoms with Crippen molar-refractivity contribution in [3.63, 3.8) is 0 Å². The van der Waals surface area contributed by atoms with Gasteiger partial charge in [0.05, 0.1) is 0 Å². The first-order chi connectivity index (χ1) is 7.61. The molecule has 0 saturated carbocycles. The second-order valence-corrected chi connectivity index (χ2v) is 4.35. The second-order valence-electron chi connectivity index (χ2n) is 3.87. The number of benzene rings is 1. The summed E-state index contributed by atoms with van der Waals surface area (Å²) in [5.74, 6) is 0. The van der Waals surface area contributed by atoms with Crippen LogP contribution in [0.4, 0.5) is 0 Å². The first-order valence-electron chi connectivity index (χ1n) is 5.17. The van der Waals surface area contributed by atoms with Crippen LogP contribution >= 0.6 is 11.6 Å². The third kappa shape index (κ3) is 1.79. The number of allylic oxidation sites excluding steroid dienone is 2. The number of fused-ring (bicyclic) bond motifs is 1. The predicted molar refractivity (Wildman–Crippen MR) is 71.7 cm³/mol. The number of para-hydroxylation sites is 1. The third-order valence-electron chi connectivity index (χ3n) is 2.84. The van der Waals surface area contributed by atoms with E-state index in [1.165, 1.54) is 22.2 Å². The van der Waals surface area contributed by atoms with Gasteiger partial charge in [-0.25, -0.2) is 0 Å². The number of rotatable bonds is 2. The van der Waals surface area contributed by atoms with Crippen LogP contribution in [0.2, 0.25) is 0 Å². The monoisotopic (exact) mass is 231 g/mol. The largest absolute Gasteiger partial charge is 0.344 e. The maximum absolute atomic E-state index is 5.74. The summed E-state index contributed by atoms with van der Waals surface area (Å²) in [6.45, 7) is 5.78. The number of aryl methyl sites for hydroxylation is 2. The molecule has 0 unspecified atom stereocenters. The van der Waals surface area contributed by atoms with E-state index in [0.29, 0.717) is 5.03 Å². The lowest BCUT2D eigenvalue weighted by Gasteiger charge is -1.99. The van der Waals surface area contributed by atoms with Gasteiger partial charge in [-0.1, -0.05) is 36.4 Å². The van der Waals surface area contributed by atoms with E-state index >= 15 is 0 Å². The van der Waals surface area contributed by atoms with E-state index in [-0.39, 0.29) is 0 Å². The molecule has 0 amide bonds. The average Bonchev–Trinajstić information content (AvgIpc) is 2.50. The quantitative estimate of drug-likeness (QED) is 0.681. The number of hydrogen-bond donors (Lipinski definition) is 0. The van der Waals surface area contributed by atoms with Gasteiger partial charge < -0.3 is 4.57 Å². The van der Waals surface area contributed by atoms with Crippen molar-refractivity contribution in [1.29, 1.82) is 0 Å². The molecular formula is C14H14ClN. The Morgan fingerprint density at radius 2 is 2.06 bits per heavy atom. The van der Waals surface area contributed by atoms with Crippen LogP contribution in [0.1, 0.15) is 11.3 Å². The van der Waals surface area contributed by atoms with Gasteiger partial charge in [-0.3, -0.25) is 0 Å². The molecule has 2 heteroatoms. The zero-order valence-electron chi connectivity index (χ0n) is 9.50. The van der Waals surface area contributed by atoms with Crippen LogP contribution in [0.15, 0.2) is 42.0 Å². The SMILES string of the molecule is C=C(Cl)/C=C\c1c(C)c2ccccc2n1C. The lowest BCUT2D eigenvalue weighted by molar-refractivity contribution is 0.949. The first-order valence-corrected chi connectivity index (χ1v) is 5.55. The van der Waals surface area contributed by atoms with E-state index < -0.39 is 0 Å². The topological polar surface area (TPSA) is 4.93 Å². The van der Waals surface area contributed by atoms with Crippen molar-refractivity contribution in [2.24, 2.45) is 7.05 Å². The van der Waals surface area contributed by atoms with Crippen molar-refractivity contribution >= 4 is 28.6 Å². The Kier molecular flexibility index (Phi) is 2.88. The molecule has 0 aliphatic heterocycles. The molecule has 0 saturated heterocycles. The van der Waals surface area contributed by atoms with E-state index in [0.717, 1.165) is 0 Å². The van der Waals surface area contributed by atoms with Crippen molar-refractivity contribution in [2.45, 2.75) is 6.92 Å². The summed E-state index contributed by atoms with van der Waals surface area (Å²) >= 11 is 5.74. The van der Waals surface area contributed by atoms with Gasteiger partial charge in [-0.05, 0) is 30.7 Å². The predicted octanol–water partition coefficient (Wildman–Crippen LogP) is 4.25. The standard InChI is InChI=1S/C14H14ClN/c1-10(15)8-9-13-11(2)12-6-4-5-7-14(12)16(13)3/h4-9H,1H2,2-3H3/b9-8-. The Morgan fingerprint density at radius 1 is 1.38 bits per heavy atom. The first kappa shape index (κ1) is 11.0. The normalized spacial score (nSPS) is 11.4. The summed E-state index contributed by atoms with van der Waals surface area (Å²) in [7, 11) is 2.06. The number of nitrogens with zero attached hydrogens (tertiary/aromatic N) is 1. The third-order valence-corrected chi connectivity index (χ3v) is 2.96. The molecule has 0 fully saturated rings. The highest BCUT2D eigenvalue weighted by molar-refractivity contribution is 6.31. The second kappa shape index (κ2) is 4.18. The molecule has 2 rings (SSSR count). The molecule has 82 valence electrons. The maximum atomic E-state index is 5.74. The van der Waals surface area contributed by atoms with Crippen molar-refractivity contribution in [2.75, 3.05) is 0 Å². The minimum absolute atomic E-state index is 0.546. The molecule has 1 heterocycles. The molecule has 2 aromatic rings. The number of hydrogen-bond acceptors (Lipinski definition) is 0. The Hall–Kier alpha value is -1.47. The van der Waals surface area contributed by atoms with Crippen molar-refractivity contribution in [1.82, 2.24) is 4.57 Å². The van der Waals surface area contributed by atoms with Gasteiger partial charge in [-0.15, -0.1) is 0 Å². The fourth-order valence-electron chi connectivity index (χ4n) is 2.01. The molecule has 0 aliphatic carbocycles. The lowest BCUT2D eigenvalue weighted by atomic mass is 10.1. The van der Waals surface area contributed by atoms with Gasteiger partial charge in [0.1, 0.15) is 0 Å². The molecule has 0 N–H and O–H groups in total. The molecular weight excluding hydrogens is 218 g/mol. The van der Waals surface area contributed by atoms with Crippen LogP contribution in [0, 0.1) is 6.92 Å². The minimum atomic E-state index is 0.546. The molecule has 0 radical (unpaired) electrons. The molecule has 0 spiro atoms. The summed E-state index contributed by atoms with van der Waals surface area (Å²) in [6, 6.07) is 8.37.